The number of anilines is 2. The highest BCUT2D eigenvalue weighted by Crippen LogP contribution is 2.35. The van der Waals surface area contributed by atoms with Crippen molar-refractivity contribution in [1.29, 1.82) is 0 Å². The van der Waals surface area contributed by atoms with Gasteiger partial charge in [-0.2, -0.15) is 0 Å². The Balaban J connectivity index is 1.63. The minimum atomic E-state index is -0.191. The van der Waals surface area contributed by atoms with Gasteiger partial charge in [-0.1, -0.05) is 43.6 Å². The quantitative estimate of drug-likeness (QED) is 0.715. The molecule has 144 valence electrons. The SMILES string of the molecule is CC(C)c1ccc(OCC(=O)Nc2cccc(Cl)c2N2CCCCC2)cc1. The van der Waals surface area contributed by atoms with Crippen LogP contribution in [0.15, 0.2) is 42.5 Å². The number of nitrogens with one attached hydrogen (secondary N) is 1. The van der Waals surface area contributed by atoms with E-state index in [-0.39, 0.29) is 12.5 Å². The Kier molecular flexibility index (Phi) is 6.62. The molecule has 1 aliphatic rings. The predicted molar refractivity (Wildman–Crippen MR) is 112 cm³/mol. The number of rotatable bonds is 6. The Morgan fingerprint density at radius 1 is 1.11 bits per heavy atom. The number of hydrogen-bond acceptors (Lipinski definition) is 3. The normalized spacial score (nSPS) is 14.3. The molecule has 1 aliphatic heterocycles. The minimum Gasteiger partial charge on any atom is -0.484 e. The van der Waals surface area contributed by atoms with E-state index in [4.69, 9.17) is 16.3 Å². The van der Waals surface area contributed by atoms with Crippen LogP contribution in [-0.2, 0) is 4.79 Å². The molecule has 1 amide bonds. The molecule has 5 heteroatoms. The largest absolute Gasteiger partial charge is 0.484 e. The number of carbonyl (C=O) groups excluding carboxylic acids is 1. The summed E-state index contributed by atoms with van der Waals surface area (Å²) in [7, 11) is 0. The van der Waals surface area contributed by atoms with E-state index in [1.807, 2.05) is 42.5 Å². The Morgan fingerprint density at radius 3 is 2.48 bits per heavy atom. The van der Waals surface area contributed by atoms with E-state index in [9.17, 15) is 4.79 Å². The number of nitrogens with zero attached hydrogens (tertiary/aromatic N) is 1. The monoisotopic (exact) mass is 386 g/mol. The van der Waals surface area contributed by atoms with Gasteiger partial charge in [0.05, 0.1) is 16.4 Å². The number of ether oxygens (including phenoxy) is 1. The lowest BCUT2D eigenvalue weighted by Crippen LogP contribution is -2.31. The average molecular weight is 387 g/mol. The van der Waals surface area contributed by atoms with Crippen molar-refractivity contribution in [2.45, 2.75) is 39.0 Å². The third-order valence-corrected chi connectivity index (χ3v) is 5.15. The van der Waals surface area contributed by atoms with E-state index in [2.05, 4.69) is 24.1 Å². The smallest absolute Gasteiger partial charge is 0.262 e. The van der Waals surface area contributed by atoms with Crippen LogP contribution in [0.1, 0.15) is 44.6 Å². The number of piperidine rings is 1. The molecule has 1 saturated heterocycles. The zero-order chi connectivity index (χ0) is 19.2. The van der Waals surface area contributed by atoms with Gasteiger partial charge in [0, 0.05) is 13.1 Å². The summed E-state index contributed by atoms with van der Waals surface area (Å²) in [6.07, 6.45) is 3.54. The van der Waals surface area contributed by atoms with Crippen LogP contribution in [0.5, 0.6) is 5.75 Å². The molecule has 2 aromatic rings. The van der Waals surface area contributed by atoms with Gasteiger partial charge in [0.2, 0.25) is 0 Å². The number of amides is 1. The Hall–Kier alpha value is -2.20. The Morgan fingerprint density at radius 2 is 1.81 bits per heavy atom. The zero-order valence-electron chi connectivity index (χ0n) is 16.0. The highest BCUT2D eigenvalue weighted by atomic mass is 35.5. The van der Waals surface area contributed by atoms with Crippen LogP contribution in [0.25, 0.3) is 0 Å². The second-order valence-corrected chi connectivity index (χ2v) is 7.65. The standard InChI is InChI=1S/C22H27ClN2O2/c1-16(2)17-9-11-18(12-10-17)27-15-21(26)24-20-8-6-7-19(23)22(20)25-13-4-3-5-14-25/h6-12,16H,3-5,13-15H2,1-2H3,(H,24,26). The number of halogens is 1. The van der Waals surface area contributed by atoms with Gasteiger partial charge in [0.1, 0.15) is 5.75 Å². The number of hydrogen-bond donors (Lipinski definition) is 1. The van der Waals surface area contributed by atoms with Gasteiger partial charge in [-0.05, 0) is 55.0 Å². The first-order valence-electron chi connectivity index (χ1n) is 9.60. The fourth-order valence-corrected chi connectivity index (χ4v) is 3.63. The fraction of sp³-hybridized carbons (Fsp3) is 0.409. The Bertz CT molecular complexity index is 768. The van der Waals surface area contributed by atoms with Crippen LogP contribution in [0, 0.1) is 0 Å². The van der Waals surface area contributed by atoms with Crippen LogP contribution in [-0.4, -0.2) is 25.6 Å². The summed E-state index contributed by atoms with van der Waals surface area (Å²) in [4.78, 5) is 14.7. The second-order valence-electron chi connectivity index (χ2n) is 7.24. The van der Waals surface area contributed by atoms with E-state index in [0.29, 0.717) is 16.7 Å². The number of carbonyl (C=O) groups is 1. The van der Waals surface area contributed by atoms with Crippen LogP contribution in [0.4, 0.5) is 11.4 Å². The fourth-order valence-electron chi connectivity index (χ4n) is 3.34. The molecule has 0 saturated carbocycles. The van der Waals surface area contributed by atoms with Gasteiger partial charge in [-0.15, -0.1) is 0 Å². The Labute approximate surface area is 166 Å². The van der Waals surface area contributed by atoms with Gasteiger partial charge in [-0.3, -0.25) is 4.79 Å². The van der Waals surface area contributed by atoms with Crippen molar-refractivity contribution >= 4 is 28.9 Å². The first-order valence-corrected chi connectivity index (χ1v) is 9.98. The lowest BCUT2D eigenvalue weighted by atomic mass is 10.0. The number of benzene rings is 2. The molecule has 0 radical (unpaired) electrons. The van der Waals surface area contributed by atoms with Crippen molar-refractivity contribution in [3.8, 4) is 5.75 Å². The lowest BCUT2D eigenvalue weighted by Gasteiger charge is -2.31. The van der Waals surface area contributed by atoms with Crippen LogP contribution in [0.2, 0.25) is 5.02 Å². The maximum Gasteiger partial charge on any atom is 0.262 e. The second kappa shape index (κ2) is 9.14. The van der Waals surface area contributed by atoms with Crippen LogP contribution in [0.3, 0.4) is 0 Å². The van der Waals surface area contributed by atoms with Gasteiger partial charge in [-0.25, -0.2) is 0 Å². The summed E-state index contributed by atoms with van der Waals surface area (Å²) in [6, 6.07) is 13.5. The van der Waals surface area contributed by atoms with E-state index < -0.39 is 0 Å². The highest BCUT2D eigenvalue weighted by Gasteiger charge is 2.18. The molecule has 0 atom stereocenters. The first kappa shape index (κ1) is 19.6. The van der Waals surface area contributed by atoms with Crippen LogP contribution < -0.4 is 15.0 Å². The molecule has 0 unspecified atom stereocenters. The summed E-state index contributed by atoms with van der Waals surface area (Å²) in [6.45, 7) is 6.19. The number of para-hydroxylation sites is 1. The predicted octanol–water partition coefficient (Wildman–Crippen LogP) is 5.47. The molecule has 4 nitrogen and oxygen atoms in total. The molecule has 1 heterocycles. The van der Waals surface area contributed by atoms with Crippen molar-refractivity contribution in [1.82, 2.24) is 0 Å². The summed E-state index contributed by atoms with van der Waals surface area (Å²) < 4.78 is 5.63. The molecule has 0 spiro atoms. The lowest BCUT2D eigenvalue weighted by molar-refractivity contribution is -0.118. The average Bonchev–Trinajstić information content (AvgIpc) is 2.67. The third-order valence-electron chi connectivity index (χ3n) is 4.85. The topological polar surface area (TPSA) is 41.6 Å². The molecule has 3 rings (SSSR count). The van der Waals surface area contributed by atoms with Crippen molar-refractivity contribution in [3.63, 3.8) is 0 Å². The van der Waals surface area contributed by atoms with Gasteiger partial charge in [0.15, 0.2) is 6.61 Å². The highest BCUT2D eigenvalue weighted by molar-refractivity contribution is 6.34. The molecule has 1 fully saturated rings. The maximum atomic E-state index is 12.4. The van der Waals surface area contributed by atoms with Crippen molar-refractivity contribution in [3.05, 3.63) is 53.1 Å². The van der Waals surface area contributed by atoms with Gasteiger partial charge < -0.3 is 15.0 Å². The van der Waals surface area contributed by atoms with Crippen molar-refractivity contribution in [2.75, 3.05) is 29.9 Å². The summed E-state index contributed by atoms with van der Waals surface area (Å²) >= 11 is 6.44. The van der Waals surface area contributed by atoms with Gasteiger partial charge >= 0.3 is 0 Å². The summed E-state index contributed by atoms with van der Waals surface area (Å²) in [5, 5.41) is 3.63. The van der Waals surface area contributed by atoms with Crippen molar-refractivity contribution in [2.24, 2.45) is 0 Å². The third kappa shape index (κ3) is 5.16. The minimum absolute atomic E-state index is 0.0347. The molecule has 0 aliphatic carbocycles. The summed E-state index contributed by atoms with van der Waals surface area (Å²) in [5.41, 5.74) is 2.90. The molecule has 0 aromatic heterocycles. The van der Waals surface area contributed by atoms with Crippen molar-refractivity contribution < 1.29 is 9.53 Å². The maximum absolute atomic E-state index is 12.4. The summed E-state index contributed by atoms with van der Waals surface area (Å²) in [5.74, 6) is 0.971. The molecule has 27 heavy (non-hydrogen) atoms. The van der Waals surface area contributed by atoms with E-state index in [1.54, 1.807) is 0 Å². The molecular formula is C22H27ClN2O2. The van der Waals surface area contributed by atoms with E-state index in [1.165, 1.54) is 12.0 Å². The van der Waals surface area contributed by atoms with Gasteiger partial charge in [0.25, 0.3) is 5.91 Å². The molecule has 0 bridgehead atoms. The molecule has 1 N–H and O–H groups in total. The van der Waals surface area contributed by atoms with Crippen LogP contribution >= 0.6 is 11.6 Å². The molecular weight excluding hydrogens is 360 g/mol. The van der Waals surface area contributed by atoms with E-state index >= 15 is 0 Å². The first-order chi connectivity index (χ1) is 13.0. The van der Waals surface area contributed by atoms with E-state index in [0.717, 1.165) is 37.3 Å². The molecule has 2 aromatic carbocycles. The zero-order valence-corrected chi connectivity index (χ0v) is 16.8.